The lowest BCUT2D eigenvalue weighted by Gasteiger charge is -2.03. The summed E-state index contributed by atoms with van der Waals surface area (Å²) in [4.78, 5) is 7.51. The number of alkyl halides is 1. The van der Waals surface area contributed by atoms with Crippen LogP contribution in [0.5, 0.6) is 5.75 Å². The third-order valence-electron chi connectivity index (χ3n) is 2.25. The Balaban J connectivity index is 2.68. The lowest BCUT2D eigenvalue weighted by molar-refractivity contribution is 0.412. The van der Waals surface area contributed by atoms with Gasteiger partial charge in [-0.25, -0.2) is 4.98 Å². The topological polar surface area (TPSA) is 37.9 Å². The van der Waals surface area contributed by atoms with Crippen LogP contribution in [0.2, 0.25) is 0 Å². The number of hydrogen-bond acceptors (Lipinski definition) is 2. The zero-order chi connectivity index (χ0) is 10.1. The van der Waals surface area contributed by atoms with E-state index in [4.69, 9.17) is 16.3 Å². The number of imidazole rings is 1. The van der Waals surface area contributed by atoms with E-state index in [1.807, 2.05) is 19.1 Å². The van der Waals surface area contributed by atoms with Gasteiger partial charge >= 0.3 is 0 Å². The maximum absolute atomic E-state index is 5.70. The molecule has 0 saturated heterocycles. The Kier molecular flexibility index (Phi) is 2.33. The Labute approximate surface area is 87.1 Å². The van der Waals surface area contributed by atoms with Crippen molar-refractivity contribution in [1.29, 1.82) is 0 Å². The summed E-state index contributed by atoms with van der Waals surface area (Å²) in [7, 11) is 1.66. The predicted molar refractivity (Wildman–Crippen MR) is 56.9 cm³/mol. The molecule has 0 spiro atoms. The first-order valence-electron chi connectivity index (χ1n) is 4.34. The lowest BCUT2D eigenvalue weighted by atomic mass is 10.2. The number of nitrogens with zero attached hydrogens (tertiary/aromatic N) is 1. The van der Waals surface area contributed by atoms with E-state index in [0.717, 1.165) is 28.2 Å². The van der Waals surface area contributed by atoms with E-state index < -0.39 is 0 Å². The van der Waals surface area contributed by atoms with Gasteiger partial charge in [0.1, 0.15) is 11.6 Å². The van der Waals surface area contributed by atoms with E-state index in [-0.39, 0.29) is 0 Å². The van der Waals surface area contributed by atoms with Crippen LogP contribution in [0.1, 0.15) is 11.4 Å². The maximum Gasteiger partial charge on any atom is 0.124 e. The van der Waals surface area contributed by atoms with Crippen LogP contribution in [0.3, 0.4) is 0 Å². The van der Waals surface area contributed by atoms with Gasteiger partial charge in [-0.1, -0.05) is 0 Å². The van der Waals surface area contributed by atoms with Crippen LogP contribution in [0.4, 0.5) is 0 Å². The second-order valence-electron chi connectivity index (χ2n) is 3.11. The molecule has 1 N–H and O–H groups in total. The third kappa shape index (κ3) is 1.34. The van der Waals surface area contributed by atoms with Crippen molar-refractivity contribution in [2.45, 2.75) is 12.8 Å². The molecular formula is C10H11ClN2O. The van der Waals surface area contributed by atoms with Gasteiger partial charge in [-0.15, -0.1) is 11.6 Å². The monoisotopic (exact) mass is 210 g/mol. The molecule has 0 radical (unpaired) electrons. The first-order chi connectivity index (χ1) is 6.76. The maximum atomic E-state index is 5.70. The van der Waals surface area contributed by atoms with E-state index in [9.17, 15) is 0 Å². The van der Waals surface area contributed by atoms with Crippen LogP contribution in [0.25, 0.3) is 11.0 Å². The molecule has 2 aromatic rings. The molecule has 1 heterocycles. The molecule has 1 aromatic carbocycles. The van der Waals surface area contributed by atoms with Crippen molar-refractivity contribution < 1.29 is 4.74 Å². The smallest absolute Gasteiger partial charge is 0.124 e. The van der Waals surface area contributed by atoms with E-state index in [1.54, 1.807) is 7.11 Å². The summed E-state index contributed by atoms with van der Waals surface area (Å²) in [6.45, 7) is 1.99. The molecule has 1 aromatic heterocycles. The number of rotatable bonds is 2. The minimum atomic E-state index is 0.399. The van der Waals surface area contributed by atoms with E-state index in [1.165, 1.54) is 0 Å². The fourth-order valence-corrected chi connectivity index (χ4v) is 1.66. The SMILES string of the molecule is COc1ccc2[nH]c(CCl)nc2c1C. The van der Waals surface area contributed by atoms with Gasteiger partial charge in [0.25, 0.3) is 0 Å². The van der Waals surface area contributed by atoms with Crippen molar-refractivity contribution in [3.63, 3.8) is 0 Å². The largest absolute Gasteiger partial charge is 0.496 e. The molecule has 74 valence electrons. The van der Waals surface area contributed by atoms with E-state index in [2.05, 4.69) is 9.97 Å². The highest BCUT2D eigenvalue weighted by atomic mass is 35.5. The number of fused-ring (bicyclic) bond motifs is 1. The van der Waals surface area contributed by atoms with Crippen LogP contribution in [-0.4, -0.2) is 17.1 Å². The second-order valence-corrected chi connectivity index (χ2v) is 3.37. The molecule has 0 amide bonds. The van der Waals surface area contributed by atoms with Crippen molar-refractivity contribution in [3.8, 4) is 5.75 Å². The molecule has 14 heavy (non-hydrogen) atoms. The van der Waals surface area contributed by atoms with Crippen LogP contribution >= 0.6 is 11.6 Å². The molecule has 0 fully saturated rings. The van der Waals surface area contributed by atoms with Crippen molar-refractivity contribution in [1.82, 2.24) is 9.97 Å². The number of ether oxygens (including phenoxy) is 1. The highest BCUT2D eigenvalue weighted by Gasteiger charge is 2.07. The predicted octanol–water partition coefficient (Wildman–Crippen LogP) is 2.62. The molecule has 0 unspecified atom stereocenters. The number of H-pyrrole nitrogens is 1. The van der Waals surface area contributed by atoms with Gasteiger partial charge < -0.3 is 9.72 Å². The molecule has 0 saturated carbocycles. The Morgan fingerprint density at radius 1 is 1.50 bits per heavy atom. The third-order valence-corrected chi connectivity index (χ3v) is 2.51. The first kappa shape index (κ1) is 9.34. The van der Waals surface area contributed by atoms with Gasteiger partial charge in [-0.3, -0.25) is 0 Å². The summed E-state index contributed by atoms with van der Waals surface area (Å²) in [5, 5.41) is 0. The van der Waals surface area contributed by atoms with Gasteiger partial charge in [0.2, 0.25) is 0 Å². The molecule has 0 atom stereocenters. The van der Waals surface area contributed by atoms with Gasteiger partial charge in [0.15, 0.2) is 0 Å². The Bertz CT molecular complexity index is 464. The quantitative estimate of drug-likeness (QED) is 0.774. The molecular weight excluding hydrogens is 200 g/mol. The van der Waals surface area contributed by atoms with Gasteiger partial charge in [-0.05, 0) is 19.1 Å². The zero-order valence-electron chi connectivity index (χ0n) is 8.10. The van der Waals surface area contributed by atoms with E-state index >= 15 is 0 Å². The number of aromatic amines is 1. The number of hydrogen-bond donors (Lipinski definition) is 1. The minimum Gasteiger partial charge on any atom is -0.496 e. The van der Waals surface area contributed by atoms with Crippen molar-refractivity contribution in [2.75, 3.05) is 7.11 Å². The minimum absolute atomic E-state index is 0.399. The molecule has 0 bridgehead atoms. The number of benzene rings is 1. The Morgan fingerprint density at radius 2 is 2.29 bits per heavy atom. The first-order valence-corrected chi connectivity index (χ1v) is 4.88. The number of aromatic nitrogens is 2. The van der Waals surface area contributed by atoms with Gasteiger partial charge in [0.05, 0.1) is 24.0 Å². The van der Waals surface area contributed by atoms with Crippen LogP contribution in [-0.2, 0) is 5.88 Å². The summed E-state index contributed by atoms with van der Waals surface area (Å²) in [5.41, 5.74) is 2.97. The Morgan fingerprint density at radius 3 is 2.93 bits per heavy atom. The van der Waals surface area contributed by atoms with Crippen LogP contribution < -0.4 is 4.74 Å². The molecule has 4 heteroatoms. The Hall–Kier alpha value is -1.22. The van der Waals surface area contributed by atoms with Crippen molar-refractivity contribution in [3.05, 3.63) is 23.5 Å². The number of nitrogens with one attached hydrogen (secondary N) is 1. The molecule has 0 aliphatic heterocycles. The lowest BCUT2D eigenvalue weighted by Crippen LogP contribution is -1.87. The fourth-order valence-electron chi connectivity index (χ4n) is 1.53. The number of methoxy groups -OCH3 is 1. The average Bonchev–Trinajstić information content (AvgIpc) is 2.62. The second kappa shape index (κ2) is 3.50. The van der Waals surface area contributed by atoms with E-state index in [0.29, 0.717) is 5.88 Å². The normalized spacial score (nSPS) is 10.8. The van der Waals surface area contributed by atoms with Gasteiger partial charge in [-0.2, -0.15) is 0 Å². The van der Waals surface area contributed by atoms with Crippen molar-refractivity contribution in [2.24, 2.45) is 0 Å². The molecule has 0 aliphatic carbocycles. The highest BCUT2D eigenvalue weighted by Crippen LogP contribution is 2.25. The molecule has 2 rings (SSSR count). The molecule has 0 aliphatic rings. The zero-order valence-corrected chi connectivity index (χ0v) is 8.85. The highest BCUT2D eigenvalue weighted by molar-refractivity contribution is 6.16. The van der Waals surface area contributed by atoms with Crippen molar-refractivity contribution >= 4 is 22.6 Å². The average molecular weight is 211 g/mol. The van der Waals surface area contributed by atoms with Crippen LogP contribution in [0.15, 0.2) is 12.1 Å². The summed E-state index contributed by atoms with van der Waals surface area (Å²) in [6, 6.07) is 3.87. The standard InChI is InChI=1S/C10H11ClN2O/c1-6-8(14-2)4-3-7-10(6)13-9(5-11)12-7/h3-4H,5H2,1-2H3,(H,12,13). The summed E-state index contributed by atoms with van der Waals surface area (Å²) in [6.07, 6.45) is 0. The van der Waals surface area contributed by atoms with Gasteiger partial charge in [0, 0.05) is 5.56 Å². The van der Waals surface area contributed by atoms with Crippen LogP contribution in [0, 0.1) is 6.92 Å². The number of halogens is 1. The summed E-state index contributed by atoms with van der Waals surface area (Å²) >= 11 is 5.70. The number of aryl methyl sites for hydroxylation is 1. The summed E-state index contributed by atoms with van der Waals surface area (Å²) < 4.78 is 5.21. The summed E-state index contributed by atoms with van der Waals surface area (Å²) in [5.74, 6) is 2.04. The molecule has 3 nitrogen and oxygen atoms in total. The fraction of sp³-hybridized carbons (Fsp3) is 0.300.